The molecule has 0 radical (unpaired) electrons. The number of ether oxygens (including phenoxy) is 1. The molecule has 1 atom stereocenters. The number of halogens is 1. The maximum Gasteiger partial charge on any atom is 0.355 e. The second-order valence-electron chi connectivity index (χ2n) is 4.72. The van der Waals surface area contributed by atoms with Gasteiger partial charge in [-0.3, -0.25) is 4.90 Å². The number of carbonyl (C=O) groups is 2. The van der Waals surface area contributed by atoms with Crippen LogP contribution in [0.15, 0.2) is 35.5 Å². The first-order valence-electron chi connectivity index (χ1n) is 6.63. The Hall–Kier alpha value is -2.37. The average molecular weight is 292 g/mol. The van der Waals surface area contributed by atoms with Gasteiger partial charge in [0, 0.05) is 12.6 Å². The molecule has 2 rings (SSSR count). The second-order valence-corrected chi connectivity index (χ2v) is 4.72. The summed E-state index contributed by atoms with van der Waals surface area (Å²) < 4.78 is 18.9. The van der Waals surface area contributed by atoms with Gasteiger partial charge in [0.05, 0.1) is 12.6 Å². The quantitative estimate of drug-likeness (QED) is 0.870. The number of nitrogens with one attached hydrogen (secondary N) is 1. The van der Waals surface area contributed by atoms with E-state index in [1.54, 1.807) is 32.0 Å². The van der Waals surface area contributed by atoms with Gasteiger partial charge in [0.2, 0.25) is 0 Å². The first kappa shape index (κ1) is 15.0. The van der Waals surface area contributed by atoms with E-state index in [4.69, 9.17) is 4.74 Å². The number of nitrogens with zero attached hydrogens (tertiary/aromatic N) is 1. The largest absolute Gasteiger partial charge is 0.461 e. The van der Waals surface area contributed by atoms with Crippen molar-refractivity contribution in [1.82, 2.24) is 10.2 Å². The number of urea groups is 1. The highest BCUT2D eigenvalue weighted by atomic mass is 19.1. The van der Waals surface area contributed by atoms with Gasteiger partial charge in [-0.05, 0) is 25.5 Å². The number of benzene rings is 1. The van der Waals surface area contributed by atoms with Crippen molar-refractivity contribution in [2.75, 3.05) is 13.7 Å². The van der Waals surface area contributed by atoms with Crippen molar-refractivity contribution in [1.29, 1.82) is 0 Å². The monoisotopic (exact) mass is 292 g/mol. The van der Waals surface area contributed by atoms with Crippen molar-refractivity contribution in [3.05, 3.63) is 46.9 Å². The minimum Gasteiger partial charge on any atom is -0.461 e. The number of esters is 1. The maximum atomic E-state index is 13.9. The van der Waals surface area contributed by atoms with E-state index in [9.17, 15) is 14.0 Å². The number of rotatable bonds is 3. The maximum absolute atomic E-state index is 13.9. The molecule has 1 unspecified atom stereocenters. The van der Waals surface area contributed by atoms with Gasteiger partial charge in [0.1, 0.15) is 11.5 Å². The molecule has 0 saturated heterocycles. The molecule has 1 aromatic carbocycles. The van der Waals surface area contributed by atoms with Crippen LogP contribution in [0.4, 0.5) is 9.18 Å². The third kappa shape index (κ3) is 2.74. The number of hydrogen-bond acceptors (Lipinski definition) is 3. The van der Waals surface area contributed by atoms with Crippen molar-refractivity contribution in [3.8, 4) is 0 Å². The standard InChI is InChI=1S/C15H17FN2O3/c1-4-21-14(19)13-9(2)12(17-15(20)18(13)3)10-7-5-6-8-11(10)16/h5-8,12H,4H2,1-3H3,(H,17,20). The molecule has 1 aliphatic heterocycles. The normalized spacial score (nSPS) is 18.6. The summed E-state index contributed by atoms with van der Waals surface area (Å²) in [6.45, 7) is 3.57. The van der Waals surface area contributed by atoms with E-state index < -0.39 is 23.9 Å². The Morgan fingerprint density at radius 2 is 2.10 bits per heavy atom. The molecule has 112 valence electrons. The summed E-state index contributed by atoms with van der Waals surface area (Å²) in [6.07, 6.45) is 0. The molecule has 5 nitrogen and oxygen atoms in total. The summed E-state index contributed by atoms with van der Waals surface area (Å²) in [6, 6.07) is 4.99. The number of hydrogen-bond donors (Lipinski definition) is 1. The van der Waals surface area contributed by atoms with Gasteiger partial charge in [-0.15, -0.1) is 0 Å². The van der Waals surface area contributed by atoms with Crippen LogP contribution < -0.4 is 5.32 Å². The van der Waals surface area contributed by atoms with Gasteiger partial charge >= 0.3 is 12.0 Å². The van der Waals surface area contributed by atoms with Gasteiger partial charge in [0.25, 0.3) is 0 Å². The zero-order valence-electron chi connectivity index (χ0n) is 12.1. The topological polar surface area (TPSA) is 58.6 Å². The molecule has 0 spiro atoms. The zero-order valence-corrected chi connectivity index (χ0v) is 12.1. The molecule has 1 aromatic rings. The fraction of sp³-hybridized carbons (Fsp3) is 0.333. The molecule has 2 amide bonds. The zero-order chi connectivity index (χ0) is 15.6. The lowest BCUT2D eigenvalue weighted by Crippen LogP contribution is -2.47. The van der Waals surface area contributed by atoms with E-state index in [2.05, 4.69) is 5.32 Å². The Morgan fingerprint density at radius 1 is 1.43 bits per heavy atom. The summed E-state index contributed by atoms with van der Waals surface area (Å²) >= 11 is 0. The van der Waals surface area contributed by atoms with Crippen LogP contribution in [-0.2, 0) is 9.53 Å². The Balaban J connectivity index is 2.50. The lowest BCUT2D eigenvalue weighted by molar-refractivity contribution is -0.140. The van der Waals surface area contributed by atoms with E-state index in [1.165, 1.54) is 18.0 Å². The van der Waals surface area contributed by atoms with Gasteiger partial charge in [-0.25, -0.2) is 14.0 Å². The van der Waals surface area contributed by atoms with Crippen LogP contribution in [0, 0.1) is 5.82 Å². The predicted molar refractivity (Wildman–Crippen MR) is 74.8 cm³/mol. The molecule has 1 aliphatic rings. The Labute approximate surface area is 122 Å². The number of amides is 2. The van der Waals surface area contributed by atoms with E-state index in [0.29, 0.717) is 11.1 Å². The van der Waals surface area contributed by atoms with Gasteiger partial charge in [-0.1, -0.05) is 18.2 Å². The Bertz CT molecular complexity index is 613. The average Bonchev–Trinajstić information content (AvgIpc) is 2.44. The Morgan fingerprint density at radius 3 is 2.71 bits per heavy atom. The summed E-state index contributed by atoms with van der Waals surface area (Å²) in [5.41, 5.74) is 1.01. The summed E-state index contributed by atoms with van der Waals surface area (Å²) in [5.74, 6) is -1.02. The highest BCUT2D eigenvalue weighted by Crippen LogP contribution is 2.31. The molecular formula is C15H17FN2O3. The summed E-state index contributed by atoms with van der Waals surface area (Å²) in [4.78, 5) is 25.2. The minimum absolute atomic E-state index is 0.147. The second kappa shape index (κ2) is 5.95. The van der Waals surface area contributed by atoms with Crippen LogP contribution in [0.1, 0.15) is 25.5 Å². The third-order valence-electron chi connectivity index (χ3n) is 3.40. The third-order valence-corrected chi connectivity index (χ3v) is 3.40. The first-order valence-corrected chi connectivity index (χ1v) is 6.63. The predicted octanol–water partition coefficient (Wildman–Crippen LogP) is 2.36. The van der Waals surface area contributed by atoms with Crippen molar-refractivity contribution in [3.63, 3.8) is 0 Å². The van der Waals surface area contributed by atoms with Crippen molar-refractivity contribution in [2.45, 2.75) is 19.9 Å². The van der Waals surface area contributed by atoms with Crippen LogP contribution in [0.5, 0.6) is 0 Å². The molecule has 0 bridgehead atoms. The highest BCUT2D eigenvalue weighted by molar-refractivity contribution is 5.96. The number of likely N-dealkylation sites (N-methyl/N-ethyl adjacent to an activating group) is 1. The molecule has 0 aliphatic carbocycles. The SMILES string of the molecule is CCOC(=O)C1=C(C)C(c2ccccc2F)NC(=O)N1C. The van der Waals surface area contributed by atoms with Crippen LogP contribution in [0.2, 0.25) is 0 Å². The fourth-order valence-corrected chi connectivity index (χ4v) is 2.35. The molecule has 0 aromatic heterocycles. The van der Waals surface area contributed by atoms with E-state index >= 15 is 0 Å². The molecule has 21 heavy (non-hydrogen) atoms. The fourth-order valence-electron chi connectivity index (χ4n) is 2.35. The van der Waals surface area contributed by atoms with Crippen LogP contribution in [-0.4, -0.2) is 30.6 Å². The van der Waals surface area contributed by atoms with E-state index in [-0.39, 0.29) is 12.3 Å². The lowest BCUT2D eigenvalue weighted by Gasteiger charge is -2.33. The minimum atomic E-state index is -0.686. The molecule has 6 heteroatoms. The van der Waals surface area contributed by atoms with Gasteiger partial charge < -0.3 is 10.1 Å². The summed E-state index contributed by atoms with van der Waals surface area (Å²) in [5, 5.41) is 2.68. The lowest BCUT2D eigenvalue weighted by atomic mass is 9.95. The van der Waals surface area contributed by atoms with Crippen LogP contribution in [0.3, 0.4) is 0 Å². The van der Waals surface area contributed by atoms with Crippen molar-refractivity contribution >= 4 is 12.0 Å². The van der Waals surface area contributed by atoms with E-state index in [0.717, 1.165) is 0 Å². The number of carbonyl (C=O) groups excluding carboxylic acids is 2. The smallest absolute Gasteiger partial charge is 0.355 e. The summed E-state index contributed by atoms with van der Waals surface area (Å²) in [7, 11) is 1.47. The molecular weight excluding hydrogens is 275 g/mol. The molecule has 0 fully saturated rings. The molecule has 0 saturated carbocycles. The van der Waals surface area contributed by atoms with Crippen molar-refractivity contribution < 1.29 is 18.7 Å². The van der Waals surface area contributed by atoms with E-state index in [1.807, 2.05) is 0 Å². The van der Waals surface area contributed by atoms with Gasteiger partial charge in [0.15, 0.2) is 0 Å². The molecule has 1 heterocycles. The van der Waals surface area contributed by atoms with Crippen LogP contribution >= 0.6 is 0 Å². The van der Waals surface area contributed by atoms with Crippen LogP contribution in [0.25, 0.3) is 0 Å². The van der Waals surface area contributed by atoms with Gasteiger partial charge in [-0.2, -0.15) is 0 Å². The Kier molecular flexibility index (Phi) is 4.26. The highest BCUT2D eigenvalue weighted by Gasteiger charge is 2.34. The molecule has 1 N–H and O–H groups in total. The van der Waals surface area contributed by atoms with Crippen molar-refractivity contribution in [2.24, 2.45) is 0 Å². The first-order chi connectivity index (χ1) is 9.97.